The Morgan fingerprint density at radius 3 is 2.70 bits per heavy atom. The first-order chi connectivity index (χ1) is 9.56. The SMILES string of the molecule is CCc1nn(C)c(CC(CN)c2cccc(C)c2)c1Br. The van der Waals surface area contributed by atoms with Crippen LogP contribution in [0.25, 0.3) is 0 Å². The first kappa shape index (κ1) is 15.3. The van der Waals surface area contributed by atoms with E-state index in [0.29, 0.717) is 12.5 Å². The molecule has 1 aromatic heterocycles. The van der Waals surface area contributed by atoms with Crippen LogP contribution in [0.3, 0.4) is 0 Å². The molecule has 0 bridgehead atoms. The van der Waals surface area contributed by atoms with E-state index in [1.165, 1.54) is 16.8 Å². The molecule has 0 aliphatic heterocycles. The first-order valence-corrected chi connectivity index (χ1v) is 7.83. The molecule has 2 N–H and O–H groups in total. The lowest BCUT2D eigenvalue weighted by Crippen LogP contribution is -2.17. The van der Waals surface area contributed by atoms with Crippen molar-refractivity contribution in [3.05, 3.63) is 51.3 Å². The molecular formula is C16H22BrN3. The van der Waals surface area contributed by atoms with Gasteiger partial charge in [-0.05, 0) is 47.8 Å². The van der Waals surface area contributed by atoms with Gasteiger partial charge in [0.25, 0.3) is 0 Å². The Labute approximate surface area is 129 Å². The van der Waals surface area contributed by atoms with Crippen LogP contribution < -0.4 is 5.73 Å². The smallest absolute Gasteiger partial charge is 0.0766 e. The molecule has 0 radical (unpaired) electrons. The average Bonchev–Trinajstić information content (AvgIpc) is 2.71. The zero-order valence-corrected chi connectivity index (χ0v) is 13.9. The van der Waals surface area contributed by atoms with Crippen LogP contribution in [0.1, 0.15) is 35.4 Å². The Morgan fingerprint density at radius 2 is 2.15 bits per heavy atom. The number of benzene rings is 1. The zero-order valence-electron chi connectivity index (χ0n) is 12.4. The average molecular weight is 336 g/mol. The van der Waals surface area contributed by atoms with Gasteiger partial charge in [-0.15, -0.1) is 0 Å². The second-order valence-corrected chi connectivity index (χ2v) is 6.03. The second-order valence-electron chi connectivity index (χ2n) is 5.24. The van der Waals surface area contributed by atoms with E-state index in [1.54, 1.807) is 0 Å². The molecule has 4 heteroatoms. The summed E-state index contributed by atoms with van der Waals surface area (Å²) in [5, 5.41) is 4.56. The number of nitrogens with zero attached hydrogens (tertiary/aromatic N) is 2. The largest absolute Gasteiger partial charge is 0.330 e. The predicted octanol–water partition coefficient (Wildman–Crippen LogP) is 3.34. The van der Waals surface area contributed by atoms with E-state index < -0.39 is 0 Å². The quantitative estimate of drug-likeness (QED) is 0.910. The van der Waals surface area contributed by atoms with Gasteiger partial charge >= 0.3 is 0 Å². The van der Waals surface area contributed by atoms with Crippen molar-refractivity contribution in [2.75, 3.05) is 6.54 Å². The first-order valence-electron chi connectivity index (χ1n) is 7.03. The van der Waals surface area contributed by atoms with Crippen LogP contribution in [-0.2, 0) is 19.9 Å². The van der Waals surface area contributed by atoms with Crippen molar-refractivity contribution in [1.29, 1.82) is 0 Å². The van der Waals surface area contributed by atoms with Crippen molar-refractivity contribution in [1.82, 2.24) is 9.78 Å². The van der Waals surface area contributed by atoms with E-state index >= 15 is 0 Å². The molecule has 20 heavy (non-hydrogen) atoms. The van der Waals surface area contributed by atoms with Crippen molar-refractivity contribution in [2.45, 2.75) is 32.6 Å². The van der Waals surface area contributed by atoms with Crippen LogP contribution in [0.2, 0.25) is 0 Å². The molecular weight excluding hydrogens is 314 g/mol. The van der Waals surface area contributed by atoms with Gasteiger partial charge in [0.05, 0.1) is 15.9 Å². The Morgan fingerprint density at radius 1 is 1.40 bits per heavy atom. The number of halogens is 1. The number of nitrogens with two attached hydrogens (primary N) is 1. The third kappa shape index (κ3) is 3.13. The molecule has 0 fully saturated rings. The minimum Gasteiger partial charge on any atom is -0.330 e. The minimum absolute atomic E-state index is 0.325. The topological polar surface area (TPSA) is 43.8 Å². The summed E-state index contributed by atoms with van der Waals surface area (Å²) in [5.74, 6) is 0.325. The third-order valence-corrected chi connectivity index (χ3v) is 4.66. The van der Waals surface area contributed by atoms with Crippen molar-refractivity contribution in [3.8, 4) is 0 Å². The summed E-state index contributed by atoms with van der Waals surface area (Å²) >= 11 is 3.68. The van der Waals surface area contributed by atoms with Crippen LogP contribution in [0.5, 0.6) is 0 Å². The van der Waals surface area contributed by atoms with Crippen LogP contribution in [0.4, 0.5) is 0 Å². The fourth-order valence-corrected chi connectivity index (χ4v) is 3.31. The summed E-state index contributed by atoms with van der Waals surface area (Å²) in [4.78, 5) is 0. The van der Waals surface area contributed by atoms with E-state index in [0.717, 1.165) is 23.0 Å². The normalized spacial score (nSPS) is 12.7. The number of hydrogen-bond donors (Lipinski definition) is 1. The van der Waals surface area contributed by atoms with Crippen molar-refractivity contribution in [2.24, 2.45) is 12.8 Å². The molecule has 1 unspecified atom stereocenters. The highest BCUT2D eigenvalue weighted by Gasteiger charge is 2.18. The predicted molar refractivity (Wildman–Crippen MR) is 87.0 cm³/mol. The zero-order chi connectivity index (χ0) is 14.7. The molecule has 108 valence electrons. The summed E-state index contributed by atoms with van der Waals surface area (Å²) in [6.45, 7) is 4.88. The highest BCUT2D eigenvalue weighted by atomic mass is 79.9. The van der Waals surface area contributed by atoms with Gasteiger partial charge in [-0.1, -0.05) is 36.8 Å². The summed E-state index contributed by atoms with van der Waals surface area (Å²) in [7, 11) is 2.00. The number of aryl methyl sites for hydroxylation is 3. The van der Waals surface area contributed by atoms with Gasteiger partial charge in [-0.2, -0.15) is 5.10 Å². The number of rotatable bonds is 5. The van der Waals surface area contributed by atoms with Gasteiger partial charge in [0.1, 0.15) is 0 Å². The molecule has 3 nitrogen and oxygen atoms in total. The van der Waals surface area contributed by atoms with E-state index in [9.17, 15) is 0 Å². The molecule has 0 amide bonds. The molecule has 0 aliphatic rings. The Kier molecular flexibility index (Phi) is 5.00. The van der Waals surface area contributed by atoms with Gasteiger partial charge < -0.3 is 5.73 Å². The third-order valence-electron chi connectivity index (χ3n) is 3.74. The molecule has 0 saturated heterocycles. The molecule has 1 heterocycles. The van der Waals surface area contributed by atoms with E-state index in [2.05, 4.69) is 59.1 Å². The van der Waals surface area contributed by atoms with Crippen molar-refractivity contribution < 1.29 is 0 Å². The molecule has 0 spiro atoms. The number of hydrogen-bond acceptors (Lipinski definition) is 2. The van der Waals surface area contributed by atoms with Gasteiger partial charge in [0, 0.05) is 13.0 Å². The van der Waals surface area contributed by atoms with E-state index in [-0.39, 0.29) is 0 Å². The van der Waals surface area contributed by atoms with Crippen LogP contribution in [0, 0.1) is 6.92 Å². The number of aromatic nitrogens is 2. The lowest BCUT2D eigenvalue weighted by Gasteiger charge is -2.16. The maximum absolute atomic E-state index is 6.00. The highest BCUT2D eigenvalue weighted by molar-refractivity contribution is 9.10. The van der Waals surface area contributed by atoms with Crippen molar-refractivity contribution >= 4 is 15.9 Å². The standard InChI is InChI=1S/C16H22BrN3/c1-4-14-16(17)15(20(3)19-14)9-13(10-18)12-7-5-6-11(2)8-12/h5-8,13H,4,9-10,18H2,1-3H3. The van der Waals surface area contributed by atoms with E-state index in [1.807, 2.05) is 11.7 Å². The van der Waals surface area contributed by atoms with Crippen LogP contribution in [-0.4, -0.2) is 16.3 Å². The fraction of sp³-hybridized carbons (Fsp3) is 0.438. The minimum atomic E-state index is 0.325. The molecule has 0 aliphatic carbocycles. The Balaban J connectivity index is 2.29. The molecule has 2 rings (SSSR count). The van der Waals surface area contributed by atoms with Crippen LogP contribution in [0.15, 0.2) is 28.7 Å². The molecule has 1 atom stereocenters. The highest BCUT2D eigenvalue weighted by Crippen LogP contribution is 2.27. The van der Waals surface area contributed by atoms with Gasteiger partial charge in [0.15, 0.2) is 0 Å². The lowest BCUT2D eigenvalue weighted by molar-refractivity contribution is 0.626. The molecule has 1 aromatic carbocycles. The molecule has 2 aromatic rings. The second kappa shape index (κ2) is 6.55. The summed E-state index contributed by atoms with van der Waals surface area (Å²) < 4.78 is 3.11. The summed E-state index contributed by atoms with van der Waals surface area (Å²) in [6.07, 6.45) is 1.84. The van der Waals surface area contributed by atoms with Gasteiger partial charge in [-0.3, -0.25) is 4.68 Å². The summed E-state index contributed by atoms with van der Waals surface area (Å²) in [6, 6.07) is 8.60. The fourth-order valence-electron chi connectivity index (χ4n) is 2.54. The van der Waals surface area contributed by atoms with E-state index in [4.69, 9.17) is 5.73 Å². The van der Waals surface area contributed by atoms with Gasteiger partial charge in [0.2, 0.25) is 0 Å². The van der Waals surface area contributed by atoms with Crippen molar-refractivity contribution in [3.63, 3.8) is 0 Å². The Hall–Kier alpha value is -1.13. The maximum Gasteiger partial charge on any atom is 0.0766 e. The van der Waals surface area contributed by atoms with Crippen LogP contribution >= 0.6 is 15.9 Å². The maximum atomic E-state index is 6.00. The Bertz CT molecular complexity index is 589. The molecule has 0 saturated carbocycles. The lowest BCUT2D eigenvalue weighted by atomic mass is 9.93. The summed E-state index contributed by atoms with van der Waals surface area (Å²) in [5.41, 5.74) is 10.9. The van der Waals surface area contributed by atoms with Gasteiger partial charge in [-0.25, -0.2) is 0 Å². The monoisotopic (exact) mass is 335 g/mol.